The second-order valence-corrected chi connectivity index (χ2v) is 6.19. The van der Waals surface area contributed by atoms with Crippen LogP contribution in [0.3, 0.4) is 0 Å². The van der Waals surface area contributed by atoms with E-state index in [1.54, 1.807) is 12.3 Å². The molecule has 0 bridgehead atoms. The van der Waals surface area contributed by atoms with Gasteiger partial charge in [0, 0.05) is 29.0 Å². The number of nitrogens with zero attached hydrogens (tertiary/aromatic N) is 2. The van der Waals surface area contributed by atoms with E-state index in [0.717, 1.165) is 24.5 Å². The quantitative estimate of drug-likeness (QED) is 0.688. The Morgan fingerprint density at radius 2 is 1.70 bits per heavy atom. The van der Waals surface area contributed by atoms with E-state index in [0.29, 0.717) is 16.6 Å². The maximum Gasteiger partial charge on any atom is 0.203 e. The molecule has 0 amide bonds. The van der Waals surface area contributed by atoms with Crippen LogP contribution in [0.4, 0.5) is 5.95 Å². The summed E-state index contributed by atoms with van der Waals surface area (Å²) >= 11 is 12.1. The summed E-state index contributed by atoms with van der Waals surface area (Å²) in [5.74, 6) is 0.844. The topological polar surface area (TPSA) is 29.9 Å². The van der Waals surface area contributed by atoms with Crippen molar-refractivity contribution in [3.05, 3.63) is 82.1 Å². The molecule has 3 aromatic rings. The minimum Gasteiger partial charge on any atom is -0.355 e. The highest BCUT2D eigenvalue weighted by atomic mass is 35.5. The molecule has 0 aliphatic rings. The lowest BCUT2D eigenvalue weighted by molar-refractivity contribution is 0.795. The van der Waals surface area contributed by atoms with Crippen molar-refractivity contribution in [2.75, 3.05) is 11.9 Å². The Morgan fingerprint density at radius 1 is 0.957 bits per heavy atom. The summed E-state index contributed by atoms with van der Waals surface area (Å²) in [5, 5.41) is 4.67. The second-order valence-electron chi connectivity index (χ2n) is 5.32. The van der Waals surface area contributed by atoms with Gasteiger partial charge in [0.25, 0.3) is 0 Å². The molecule has 3 nitrogen and oxygen atoms in total. The van der Waals surface area contributed by atoms with E-state index in [4.69, 9.17) is 23.2 Å². The molecule has 0 atom stereocenters. The van der Waals surface area contributed by atoms with E-state index < -0.39 is 0 Å². The van der Waals surface area contributed by atoms with Crippen molar-refractivity contribution in [1.82, 2.24) is 9.55 Å². The molecule has 118 valence electrons. The van der Waals surface area contributed by atoms with E-state index in [1.807, 2.05) is 29.0 Å². The van der Waals surface area contributed by atoms with Gasteiger partial charge in [0.2, 0.25) is 5.95 Å². The molecule has 1 heterocycles. The van der Waals surface area contributed by atoms with Crippen molar-refractivity contribution in [1.29, 1.82) is 0 Å². The Balaban J connectivity index is 1.63. The zero-order valence-corrected chi connectivity index (χ0v) is 14.1. The van der Waals surface area contributed by atoms with Crippen LogP contribution in [0.2, 0.25) is 10.0 Å². The third kappa shape index (κ3) is 4.50. The number of hydrogen-bond acceptors (Lipinski definition) is 2. The van der Waals surface area contributed by atoms with Crippen LogP contribution in [0, 0.1) is 0 Å². The molecule has 1 aromatic heterocycles. The van der Waals surface area contributed by atoms with Crippen LogP contribution in [0.25, 0.3) is 0 Å². The van der Waals surface area contributed by atoms with Crippen LogP contribution in [-0.4, -0.2) is 16.1 Å². The molecule has 0 radical (unpaired) electrons. The smallest absolute Gasteiger partial charge is 0.203 e. The molecular formula is C18H17Cl2N3. The first-order valence-corrected chi connectivity index (χ1v) is 8.20. The highest BCUT2D eigenvalue weighted by Crippen LogP contribution is 2.20. The van der Waals surface area contributed by atoms with Gasteiger partial charge in [-0.15, -0.1) is 0 Å². The molecule has 0 aliphatic heterocycles. The van der Waals surface area contributed by atoms with E-state index in [-0.39, 0.29) is 0 Å². The number of rotatable bonds is 6. The number of imidazole rings is 1. The van der Waals surface area contributed by atoms with Gasteiger partial charge in [0.1, 0.15) is 0 Å². The fourth-order valence-electron chi connectivity index (χ4n) is 2.47. The third-order valence-electron chi connectivity index (χ3n) is 3.53. The van der Waals surface area contributed by atoms with Crippen molar-refractivity contribution in [2.45, 2.75) is 13.0 Å². The Hall–Kier alpha value is -1.97. The van der Waals surface area contributed by atoms with Gasteiger partial charge in [-0.05, 0) is 35.7 Å². The standard InChI is InChI=1S/C18H17Cl2N3/c19-16-10-15(11-17(20)12-16)13-23-9-8-22-18(23)21-7-6-14-4-2-1-3-5-14/h1-5,8-12H,6-7,13H2,(H,21,22). The number of aromatic nitrogens is 2. The Morgan fingerprint density at radius 3 is 2.43 bits per heavy atom. The van der Waals surface area contributed by atoms with Crippen LogP contribution >= 0.6 is 23.2 Å². The van der Waals surface area contributed by atoms with Gasteiger partial charge in [0.05, 0.1) is 6.54 Å². The van der Waals surface area contributed by atoms with Gasteiger partial charge in [0.15, 0.2) is 0 Å². The monoisotopic (exact) mass is 345 g/mol. The van der Waals surface area contributed by atoms with Gasteiger partial charge < -0.3 is 9.88 Å². The average molecular weight is 346 g/mol. The minimum atomic E-state index is 0.645. The third-order valence-corrected chi connectivity index (χ3v) is 3.97. The molecule has 23 heavy (non-hydrogen) atoms. The molecule has 3 rings (SSSR count). The number of nitrogens with one attached hydrogen (secondary N) is 1. The second kappa shape index (κ2) is 7.53. The number of anilines is 1. The van der Waals surface area contributed by atoms with Gasteiger partial charge in [-0.25, -0.2) is 4.98 Å². The zero-order valence-electron chi connectivity index (χ0n) is 12.5. The molecule has 2 aromatic carbocycles. The molecule has 0 fully saturated rings. The fourth-order valence-corrected chi connectivity index (χ4v) is 3.04. The minimum absolute atomic E-state index is 0.645. The Labute approximate surface area is 145 Å². The molecule has 0 aliphatic carbocycles. The molecular weight excluding hydrogens is 329 g/mol. The van der Waals surface area contributed by atoms with E-state index in [9.17, 15) is 0 Å². The first kappa shape index (κ1) is 15.9. The van der Waals surface area contributed by atoms with Crippen molar-refractivity contribution >= 4 is 29.2 Å². The molecule has 1 N–H and O–H groups in total. The summed E-state index contributed by atoms with van der Waals surface area (Å²) in [7, 11) is 0. The molecule has 0 saturated heterocycles. The molecule has 0 spiro atoms. The molecule has 0 unspecified atom stereocenters. The van der Waals surface area contributed by atoms with Crippen molar-refractivity contribution in [3.8, 4) is 0 Å². The highest BCUT2D eigenvalue weighted by Gasteiger charge is 2.05. The van der Waals surface area contributed by atoms with Crippen molar-refractivity contribution in [2.24, 2.45) is 0 Å². The van der Waals surface area contributed by atoms with Crippen LogP contribution in [0.5, 0.6) is 0 Å². The summed E-state index contributed by atoms with van der Waals surface area (Å²) < 4.78 is 2.05. The van der Waals surface area contributed by atoms with Crippen molar-refractivity contribution < 1.29 is 0 Å². The summed E-state index contributed by atoms with van der Waals surface area (Å²) in [6.45, 7) is 1.51. The van der Waals surface area contributed by atoms with Crippen LogP contribution in [0.15, 0.2) is 60.9 Å². The van der Waals surface area contributed by atoms with Crippen LogP contribution in [0.1, 0.15) is 11.1 Å². The Bertz CT molecular complexity index is 749. The van der Waals surface area contributed by atoms with E-state index in [1.165, 1.54) is 5.56 Å². The van der Waals surface area contributed by atoms with Crippen LogP contribution < -0.4 is 5.32 Å². The lowest BCUT2D eigenvalue weighted by atomic mass is 10.1. The SMILES string of the molecule is Clc1cc(Cl)cc(Cn2ccnc2NCCc2ccccc2)c1. The summed E-state index contributed by atoms with van der Waals surface area (Å²) in [6.07, 6.45) is 4.69. The van der Waals surface area contributed by atoms with Gasteiger partial charge in [-0.1, -0.05) is 53.5 Å². The van der Waals surface area contributed by atoms with Crippen LogP contribution in [-0.2, 0) is 13.0 Å². The first-order valence-electron chi connectivity index (χ1n) is 7.44. The number of hydrogen-bond donors (Lipinski definition) is 1. The lowest BCUT2D eigenvalue weighted by Crippen LogP contribution is -2.11. The van der Waals surface area contributed by atoms with Crippen molar-refractivity contribution in [3.63, 3.8) is 0 Å². The predicted molar refractivity (Wildman–Crippen MR) is 96.4 cm³/mol. The average Bonchev–Trinajstić information content (AvgIpc) is 2.94. The highest BCUT2D eigenvalue weighted by molar-refractivity contribution is 6.34. The molecule has 0 saturated carbocycles. The first-order chi connectivity index (χ1) is 11.2. The Kier molecular flexibility index (Phi) is 5.21. The normalized spacial score (nSPS) is 10.7. The van der Waals surface area contributed by atoms with Gasteiger partial charge in [-0.3, -0.25) is 0 Å². The summed E-state index contributed by atoms with van der Waals surface area (Å²) in [4.78, 5) is 4.37. The predicted octanol–water partition coefficient (Wildman–Crippen LogP) is 4.89. The van der Waals surface area contributed by atoms with E-state index >= 15 is 0 Å². The summed E-state index contributed by atoms with van der Waals surface area (Å²) in [5.41, 5.74) is 2.35. The van der Waals surface area contributed by atoms with Gasteiger partial charge in [-0.2, -0.15) is 0 Å². The number of benzene rings is 2. The maximum atomic E-state index is 6.06. The largest absolute Gasteiger partial charge is 0.355 e. The van der Waals surface area contributed by atoms with Gasteiger partial charge >= 0.3 is 0 Å². The van der Waals surface area contributed by atoms with E-state index in [2.05, 4.69) is 34.6 Å². The zero-order chi connectivity index (χ0) is 16.1. The number of halogens is 2. The fraction of sp³-hybridized carbons (Fsp3) is 0.167. The molecule has 5 heteroatoms. The maximum absolute atomic E-state index is 6.06. The lowest BCUT2D eigenvalue weighted by Gasteiger charge is -2.10. The summed E-state index contributed by atoms with van der Waals surface area (Å²) in [6, 6.07) is 16.0.